The lowest BCUT2D eigenvalue weighted by Crippen LogP contribution is -2.53. The standard InChI is InChI=1S/C11H21N3O/c1-13(2)9-4-3-7-14(8-9)10(15)11(12)5-6-11/h9H,3-8,12H2,1-2H3. The molecule has 1 aliphatic heterocycles. The number of nitrogens with zero attached hydrogens (tertiary/aromatic N) is 2. The lowest BCUT2D eigenvalue weighted by Gasteiger charge is -2.37. The molecule has 4 heteroatoms. The molecule has 1 saturated carbocycles. The minimum absolute atomic E-state index is 0.175. The van der Waals surface area contributed by atoms with Gasteiger partial charge < -0.3 is 15.5 Å². The van der Waals surface area contributed by atoms with Gasteiger partial charge >= 0.3 is 0 Å². The molecule has 86 valence electrons. The fraction of sp³-hybridized carbons (Fsp3) is 0.909. The molecular weight excluding hydrogens is 190 g/mol. The summed E-state index contributed by atoms with van der Waals surface area (Å²) in [6.45, 7) is 1.74. The summed E-state index contributed by atoms with van der Waals surface area (Å²) >= 11 is 0. The van der Waals surface area contributed by atoms with Gasteiger partial charge in [-0.15, -0.1) is 0 Å². The monoisotopic (exact) mass is 211 g/mol. The highest BCUT2D eigenvalue weighted by Gasteiger charge is 2.48. The predicted octanol–water partition coefficient (Wildman–Crippen LogP) is 0.0303. The fourth-order valence-corrected chi connectivity index (χ4v) is 2.22. The number of amides is 1. The van der Waals surface area contributed by atoms with Crippen LogP contribution >= 0.6 is 0 Å². The molecule has 4 nitrogen and oxygen atoms in total. The summed E-state index contributed by atoms with van der Waals surface area (Å²) in [6, 6.07) is 0.505. The molecule has 0 aromatic rings. The predicted molar refractivity (Wildman–Crippen MR) is 59.4 cm³/mol. The molecule has 0 aromatic heterocycles. The average Bonchev–Trinajstić information content (AvgIpc) is 2.97. The molecule has 2 aliphatic rings. The zero-order valence-corrected chi connectivity index (χ0v) is 9.70. The fourth-order valence-electron chi connectivity index (χ4n) is 2.22. The van der Waals surface area contributed by atoms with Gasteiger partial charge in [0, 0.05) is 19.1 Å². The smallest absolute Gasteiger partial charge is 0.242 e. The number of carbonyl (C=O) groups excluding carboxylic acids is 1. The van der Waals surface area contributed by atoms with E-state index >= 15 is 0 Å². The van der Waals surface area contributed by atoms with Crippen molar-refractivity contribution in [2.75, 3.05) is 27.2 Å². The first-order chi connectivity index (χ1) is 7.03. The third kappa shape index (κ3) is 2.16. The van der Waals surface area contributed by atoms with Gasteiger partial charge in [0.15, 0.2) is 0 Å². The highest BCUT2D eigenvalue weighted by molar-refractivity contribution is 5.89. The van der Waals surface area contributed by atoms with Crippen molar-refractivity contribution in [3.63, 3.8) is 0 Å². The van der Waals surface area contributed by atoms with Crippen molar-refractivity contribution in [1.29, 1.82) is 0 Å². The molecule has 0 aromatic carbocycles. The van der Waals surface area contributed by atoms with Crippen LogP contribution in [0.1, 0.15) is 25.7 Å². The van der Waals surface area contributed by atoms with E-state index in [0.717, 1.165) is 32.4 Å². The van der Waals surface area contributed by atoms with Crippen LogP contribution in [-0.4, -0.2) is 54.5 Å². The molecule has 15 heavy (non-hydrogen) atoms. The molecule has 1 amide bonds. The zero-order valence-electron chi connectivity index (χ0n) is 9.70. The Morgan fingerprint density at radius 1 is 1.47 bits per heavy atom. The average molecular weight is 211 g/mol. The number of nitrogens with two attached hydrogens (primary N) is 1. The summed E-state index contributed by atoms with van der Waals surface area (Å²) in [4.78, 5) is 16.2. The van der Waals surface area contributed by atoms with E-state index in [4.69, 9.17) is 5.73 Å². The summed E-state index contributed by atoms with van der Waals surface area (Å²) in [7, 11) is 4.15. The highest BCUT2D eigenvalue weighted by Crippen LogP contribution is 2.34. The van der Waals surface area contributed by atoms with Gasteiger partial charge in [0.1, 0.15) is 0 Å². The largest absolute Gasteiger partial charge is 0.340 e. The molecular formula is C11H21N3O. The molecule has 1 atom stereocenters. The van der Waals surface area contributed by atoms with Gasteiger partial charge in [0.25, 0.3) is 0 Å². The van der Waals surface area contributed by atoms with Crippen molar-refractivity contribution in [3.8, 4) is 0 Å². The van der Waals surface area contributed by atoms with E-state index in [1.807, 2.05) is 4.90 Å². The van der Waals surface area contributed by atoms with E-state index in [1.54, 1.807) is 0 Å². The topological polar surface area (TPSA) is 49.6 Å². The Balaban J connectivity index is 1.95. The van der Waals surface area contributed by atoms with E-state index in [9.17, 15) is 4.79 Å². The minimum Gasteiger partial charge on any atom is -0.340 e. The Morgan fingerprint density at radius 2 is 2.13 bits per heavy atom. The molecule has 0 radical (unpaired) electrons. The van der Waals surface area contributed by atoms with Crippen molar-refractivity contribution >= 4 is 5.91 Å². The van der Waals surface area contributed by atoms with E-state index < -0.39 is 5.54 Å². The molecule has 2 N–H and O–H groups in total. The number of hydrogen-bond acceptors (Lipinski definition) is 3. The Labute approximate surface area is 91.4 Å². The summed E-state index contributed by atoms with van der Waals surface area (Å²) in [5.41, 5.74) is 5.45. The van der Waals surface area contributed by atoms with Crippen LogP contribution in [0.3, 0.4) is 0 Å². The van der Waals surface area contributed by atoms with Crippen LogP contribution in [0.2, 0.25) is 0 Å². The summed E-state index contributed by atoms with van der Waals surface area (Å²) in [6.07, 6.45) is 4.03. The van der Waals surface area contributed by atoms with Gasteiger partial charge in [-0.3, -0.25) is 4.79 Å². The first kappa shape index (κ1) is 10.9. The van der Waals surface area contributed by atoms with Crippen LogP contribution in [0.4, 0.5) is 0 Å². The molecule has 1 unspecified atom stereocenters. The molecule has 1 aliphatic carbocycles. The van der Waals surface area contributed by atoms with Gasteiger partial charge in [0.05, 0.1) is 5.54 Å². The van der Waals surface area contributed by atoms with Crippen molar-refractivity contribution in [1.82, 2.24) is 9.80 Å². The van der Waals surface area contributed by atoms with Crippen molar-refractivity contribution in [3.05, 3.63) is 0 Å². The van der Waals surface area contributed by atoms with Gasteiger partial charge in [-0.2, -0.15) is 0 Å². The van der Waals surface area contributed by atoms with Gasteiger partial charge in [0.2, 0.25) is 5.91 Å². The first-order valence-corrected chi connectivity index (χ1v) is 5.78. The number of likely N-dealkylation sites (tertiary alicyclic amines) is 1. The van der Waals surface area contributed by atoms with Crippen molar-refractivity contribution < 1.29 is 4.79 Å². The zero-order chi connectivity index (χ0) is 11.1. The molecule has 1 saturated heterocycles. The van der Waals surface area contributed by atoms with E-state index in [0.29, 0.717) is 6.04 Å². The van der Waals surface area contributed by atoms with Gasteiger partial charge in [-0.1, -0.05) is 0 Å². The van der Waals surface area contributed by atoms with E-state index in [1.165, 1.54) is 6.42 Å². The van der Waals surface area contributed by atoms with Crippen molar-refractivity contribution in [2.45, 2.75) is 37.3 Å². The molecule has 0 spiro atoms. The van der Waals surface area contributed by atoms with Crippen molar-refractivity contribution in [2.24, 2.45) is 5.73 Å². The molecule has 2 fully saturated rings. The van der Waals surface area contributed by atoms with Crippen LogP contribution < -0.4 is 5.73 Å². The van der Waals surface area contributed by atoms with Crippen LogP contribution in [0, 0.1) is 0 Å². The normalized spacial score (nSPS) is 29.3. The Hall–Kier alpha value is -0.610. The van der Waals surface area contributed by atoms with Gasteiger partial charge in [-0.05, 0) is 39.8 Å². The minimum atomic E-state index is -0.492. The second-order valence-corrected chi connectivity index (χ2v) is 5.17. The maximum absolute atomic E-state index is 12.0. The molecule has 2 rings (SSSR count). The lowest BCUT2D eigenvalue weighted by atomic mass is 10.0. The SMILES string of the molecule is CN(C)C1CCCN(C(=O)C2(N)CC2)C1. The second-order valence-electron chi connectivity index (χ2n) is 5.17. The first-order valence-electron chi connectivity index (χ1n) is 5.78. The maximum Gasteiger partial charge on any atom is 0.242 e. The summed E-state index contributed by atoms with van der Waals surface area (Å²) < 4.78 is 0. The van der Waals surface area contributed by atoms with E-state index in [-0.39, 0.29) is 5.91 Å². The highest BCUT2D eigenvalue weighted by atomic mass is 16.2. The number of likely N-dealkylation sites (N-methyl/N-ethyl adjacent to an activating group) is 1. The molecule has 0 bridgehead atoms. The quantitative estimate of drug-likeness (QED) is 0.701. The van der Waals surface area contributed by atoms with E-state index in [2.05, 4.69) is 19.0 Å². The third-order valence-corrected chi connectivity index (χ3v) is 3.63. The summed E-state index contributed by atoms with van der Waals surface area (Å²) in [5.74, 6) is 0.175. The van der Waals surface area contributed by atoms with Crippen LogP contribution in [0.15, 0.2) is 0 Å². The third-order valence-electron chi connectivity index (χ3n) is 3.63. The van der Waals surface area contributed by atoms with Gasteiger partial charge in [-0.25, -0.2) is 0 Å². The number of hydrogen-bond donors (Lipinski definition) is 1. The second kappa shape index (κ2) is 3.76. The maximum atomic E-state index is 12.0. The Kier molecular flexibility index (Phi) is 2.73. The number of carbonyl (C=O) groups is 1. The number of rotatable bonds is 2. The number of piperidine rings is 1. The Morgan fingerprint density at radius 3 is 2.67 bits per heavy atom. The van der Waals surface area contributed by atoms with Crippen LogP contribution in [0.5, 0.6) is 0 Å². The Bertz CT molecular complexity index is 261. The lowest BCUT2D eigenvalue weighted by molar-refractivity contribution is -0.135. The van der Waals surface area contributed by atoms with Crippen LogP contribution in [-0.2, 0) is 4.79 Å². The summed E-state index contributed by atoms with van der Waals surface area (Å²) in [5, 5.41) is 0. The van der Waals surface area contributed by atoms with Crippen LogP contribution in [0.25, 0.3) is 0 Å². The molecule has 1 heterocycles.